The summed E-state index contributed by atoms with van der Waals surface area (Å²) >= 11 is 8.34. The molecule has 2 rings (SSSR count). The number of rotatable bonds is 4. The Morgan fingerprint density at radius 2 is 1.65 bits per heavy atom. The normalized spacial score (nSPS) is 10.6. The van der Waals surface area contributed by atoms with E-state index in [1.54, 1.807) is 34.4 Å². The first kappa shape index (κ1) is 13.1. The molecule has 0 unspecified atom stereocenters. The summed E-state index contributed by atoms with van der Waals surface area (Å²) in [5.74, 6) is 0. The first-order valence-electron chi connectivity index (χ1n) is 4.76. The summed E-state index contributed by atoms with van der Waals surface area (Å²) < 4.78 is 2.27. The Hall–Kier alpha value is -0.310. The number of thioether (sulfide) groups is 1. The first-order chi connectivity index (χ1) is 8.10. The maximum Gasteiger partial charge on any atom is 0.202 e. The van der Waals surface area contributed by atoms with Crippen molar-refractivity contribution in [3.8, 4) is 0 Å². The molecule has 0 amide bonds. The van der Waals surface area contributed by atoms with Crippen LogP contribution in [0.4, 0.5) is 10.3 Å². The van der Waals surface area contributed by atoms with Gasteiger partial charge in [-0.05, 0) is 36.0 Å². The van der Waals surface area contributed by atoms with Gasteiger partial charge in [-0.3, -0.25) is 10.9 Å². The number of hydrazine groups is 1. The van der Waals surface area contributed by atoms with Gasteiger partial charge in [0.15, 0.2) is 0 Å². The second kappa shape index (κ2) is 5.55. The molecule has 0 aliphatic carbocycles. The van der Waals surface area contributed by atoms with E-state index >= 15 is 0 Å². The molecule has 8 heteroatoms. The van der Waals surface area contributed by atoms with Crippen LogP contribution in [-0.2, 0) is 0 Å². The molecule has 0 bridgehead atoms. The number of thiazole rings is 2. The number of hydrogen-bond donors (Lipinski definition) is 2. The van der Waals surface area contributed by atoms with Gasteiger partial charge in [0.2, 0.25) is 10.3 Å². The van der Waals surface area contributed by atoms with Gasteiger partial charge in [-0.15, -0.1) is 11.8 Å². The van der Waals surface area contributed by atoms with E-state index in [-0.39, 0.29) is 0 Å². The highest BCUT2D eigenvalue weighted by atomic mass is 79.9. The standard InChI is InChI=1S/C9H11BrN4S3/c1-4-6(10)16-8(11-4)13-14-9-12-5(2)7(15-3)17-9/h1-3H3,(H,11,13)(H,12,14). The summed E-state index contributed by atoms with van der Waals surface area (Å²) in [5, 5.41) is 1.68. The minimum absolute atomic E-state index is 0.827. The SMILES string of the molecule is CSc1sc(NNc2nc(C)c(Br)s2)nc1C. The quantitative estimate of drug-likeness (QED) is 0.640. The number of hydrogen-bond acceptors (Lipinski definition) is 7. The number of aryl methyl sites for hydroxylation is 2. The average molecular weight is 351 g/mol. The van der Waals surface area contributed by atoms with Gasteiger partial charge >= 0.3 is 0 Å². The molecule has 0 aliphatic rings. The van der Waals surface area contributed by atoms with Crippen molar-refractivity contribution in [2.24, 2.45) is 0 Å². The summed E-state index contributed by atoms with van der Waals surface area (Å²) in [6.07, 6.45) is 2.05. The highest BCUT2D eigenvalue weighted by Crippen LogP contribution is 2.31. The lowest BCUT2D eigenvalue weighted by Crippen LogP contribution is -2.07. The number of aromatic nitrogens is 2. The molecule has 0 radical (unpaired) electrons. The van der Waals surface area contributed by atoms with E-state index in [0.717, 1.165) is 25.4 Å². The van der Waals surface area contributed by atoms with Crippen LogP contribution in [0.15, 0.2) is 8.00 Å². The zero-order chi connectivity index (χ0) is 12.4. The van der Waals surface area contributed by atoms with Crippen LogP contribution in [-0.4, -0.2) is 16.2 Å². The summed E-state index contributed by atoms with van der Waals surface area (Å²) in [5.41, 5.74) is 8.17. The van der Waals surface area contributed by atoms with Crippen molar-refractivity contribution in [1.82, 2.24) is 9.97 Å². The molecule has 0 saturated heterocycles. The van der Waals surface area contributed by atoms with Gasteiger partial charge in [0, 0.05) is 0 Å². The molecule has 0 saturated carbocycles. The van der Waals surface area contributed by atoms with Crippen molar-refractivity contribution in [3.63, 3.8) is 0 Å². The molecule has 0 fully saturated rings. The Kier molecular flexibility index (Phi) is 4.29. The minimum atomic E-state index is 0.827. The molecular formula is C9H11BrN4S3. The van der Waals surface area contributed by atoms with Gasteiger partial charge in [-0.25, -0.2) is 9.97 Å². The summed E-state index contributed by atoms with van der Waals surface area (Å²) in [7, 11) is 0. The van der Waals surface area contributed by atoms with E-state index in [1.807, 2.05) is 13.8 Å². The fraction of sp³-hybridized carbons (Fsp3) is 0.333. The number of nitrogens with one attached hydrogen (secondary N) is 2. The van der Waals surface area contributed by atoms with Crippen LogP contribution >= 0.6 is 50.4 Å². The molecule has 4 nitrogen and oxygen atoms in total. The van der Waals surface area contributed by atoms with Crippen molar-refractivity contribution in [3.05, 3.63) is 15.2 Å². The second-order valence-electron chi connectivity index (χ2n) is 3.22. The Labute approximate surface area is 120 Å². The zero-order valence-electron chi connectivity index (χ0n) is 9.50. The van der Waals surface area contributed by atoms with E-state index in [9.17, 15) is 0 Å². The third kappa shape index (κ3) is 3.12. The minimum Gasteiger partial charge on any atom is -0.274 e. The maximum atomic E-state index is 4.41. The van der Waals surface area contributed by atoms with Crippen molar-refractivity contribution < 1.29 is 0 Å². The van der Waals surface area contributed by atoms with Crippen LogP contribution in [0.25, 0.3) is 0 Å². The molecule has 0 atom stereocenters. The number of halogens is 1. The highest BCUT2D eigenvalue weighted by Gasteiger charge is 2.07. The molecular weight excluding hydrogens is 340 g/mol. The van der Waals surface area contributed by atoms with E-state index in [1.165, 1.54) is 4.21 Å². The highest BCUT2D eigenvalue weighted by molar-refractivity contribution is 9.11. The zero-order valence-corrected chi connectivity index (χ0v) is 13.5. The fourth-order valence-corrected chi connectivity index (χ4v) is 3.92. The fourth-order valence-electron chi connectivity index (χ4n) is 1.16. The van der Waals surface area contributed by atoms with E-state index in [4.69, 9.17) is 0 Å². The Bertz CT molecular complexity index is 503. The monoisotopic (exact) mass is 350 g/mol. The number of anilines is 2. The Morgan fingerprint density at radius 3 is 2.12 bits per heavy atom. The van der Waals surface area contributed by atoms with Gasteiger partial charge in [0.1, 0.15) is 0 Å². The molecule has 0 aromatic carbocycles. The molecule has 2 heterocycles. The van der Waals surface area contributed by atoms with Crippen molar-refractivity contribution in [2.45, 2.75) is 18.1 Å². The first-order valence-corrected chi connectivity index (χ1v) is 8.41. The molecule has 0 spiro atoms. The third-order valence-corrected chi connectivity index (χ3v) is 6.16. The molecule has 0 aliphatic heterocycles. The Morgan fingerprint density at radius 1 is 1.06 bits per heavy atom. The van der Waals surface area contributed by atoms with Gasteiger partial charge < -0.3 is 0 Å². The van der Waals surface area contributed by atoms with Crippen molar-refractivity contribution in [2.75, 3.05) is 17.1 Å². The van der Waals surface area contributed by atoms with Crippen molar-refractivity contribution >= 4 is 60.6 Å². The van der Waals surface area contributed by atoms with Crippen LogP contribution < -0.4 is 10.9 Å². The summed E-state index contributed by atoms with van der Waals surface area (Å²) in [4.78, 5) is 8.76. The van der Waals surface area contributed by atoms with Gasteiger partial charge in [-0.1, -0.05) is 22.7 Å². The van der Waals surface area contributed by atoms with Gasteiger partial charge in [-0.2, -0.15) is 0 Å². The second-order valence-corrected chi connectivity index (χ2v) is 7.62. The summed E-state index contributed by atoms with van der Waals surface area (Å²) in [6, 6.07) is 0. The topological polar surface area (TPSA) is 49.8 Å². The van der Waals surface area contributed by atoms with Crippen LogP contribution in [0.5, 0.6) is 0 Å². The molecule has 17 heavy (non-hydrogen) atoms. The van der Waals surface area contributed by atoms with Gasteiger partial charge in [0.25, 0.3) is 0 Å². The van der Waals surface area contributed by atoms with Gasteiger partial charge in [0.05, 0.1) is 19.4 Å². The smallest absolute Gasteiger partial charge is 0.202 e. The predicted octanol–water partition coefficient (Wildman–Crippen LogP) is 4.14. The van der Waals surface area contributed by atoms with Crippen LogP contribution in [0.3, 0.4) is 0 Å². The lowest BCUT2D eigenvalue weighted by Gasteiger charge is -2.01. The lowest BCUT2D eigenvalue weighted by atomic mass is 10.6. The van der Waals surface area contributed by atoms with Crippen LogP contribution in [0.1, 0.15) is 11.4 Å². The number of nitrogens with zero attached hydrogens (tertiary/aromatic N) is 2. The van der Waals surface area contributed by atoms with E-state index in [2.05, 4.69) is 43.0 Å². The van der Waals surface area contributed by atoms with Crippen LogP contribution in [0.2, 0.25) is 0 Å². The largest absolute Gasteiger partial charge is 0.274 e. The van der Waals surface area contributed by atoms with Crippen LogP contribution in [0, 0.1) is 13.8 Å². The predicted molar refractivity (Wildman–Crippen MR) is 80.4 cm³/mol. The Balaban J connectivity index is 2.02. The maximum absolute atomic E-state index is 4.41. The summed E-state index contributed by atoms with van der Waals surface area (Å²) in [6.45, 7) is 3.97. The molecule has 92 valence electrons. The molecule has 2 aromatic rings. The average Bonchev–Trinajstić information content (AvgIpc) is 2.80. The third-order valence-electron chi connectivity index (χ3n) is 1.96. The molecule has 2 aromatic heterocycles. The lowest BCUT2D eigenvalue weighted by molar-refractivity contribution is 1.18. The van der Waals surface area contributed by atoms with E-state index < -0.39 is 0 Å². The molecule has 2 N–H and O–H groups in total. The van der Waals surface area contributed by atoms with Crippen molar-refractivity contribution in [1.29, 1.82) is 0 Å². The van der Waals surface area contributed by atoms with E-state index in [0.29, 0.717) is 0 Å².